The van der Waals surface area contributed by atoms with Crippen LogP contribution in [-0.4, -0.2) is 17.4 Å². The highest BCUT2D eigenvalue weighted by Gasteiger charge is 2.13. The number of nitrogens with zero attached hydrogens (tertiary/aromatic N) is 1. The molecule has 208 valence electrons. The molecule has 4 aromatic rings. The standard InChI is InChI=1S/C35H32ClNO2S2/c1-24(2)35(38)39-37-34(22-23-40-31-20-14-30(36)15-21-31)26(4)29-12-18-33(19-13-29)41-32-16-10-28(11-17-32)25(3)27-8-6-5-7-9-27/h5-21,24H,3-4,22-23H2,1-2H3/b37-34+. The van der Waals surface area contributed by atoms with Gasteiger partial charge in [-0.15, -0.1) is 11.8 Å². The number of thioether (sulfide) groups is 1. The molecule has 0 aliphatic rings. The van der Waals surface area contributed by atoms with Gasteiger partial charge in [-0.1, -0.05) is 110 Å². The van der Waals surface area contributed by atoms with Crippen molar-refractivity contribution in [2.45, 2.75) is 35.0 Å². The first-order valence-electron chi connectivity index (χ1n) is 13.3. The summed E-state index contributed by atoms with van der Waals surface area (Å²) in [6.07, 6.45) is 0.592. The Kier molecular flexibility index (Phi) is 11.1. The lowest BCUT2D eigenvalue weighted by molar-refractivity contribution is -0.147. The number of hydrogen-bond acceptors (Lipinski definition) is 5. The Hall–Kier alpha value is -3.51. The van der Waals surface area contributed by atoms with Gasteiger partial charge in [0.1, 0.15) is 0 Å². The van der Waals surface area contributed by atoms with Crippen LogP contribution in [0.3, 0.4) is 0 Å². The van der Waals surface area contributed by atoms with Crippen LogP contribution in [-0.2, 0) is 9.63 Å². The van der Waals surface area contributed by atoms with E-state index in [1.54, 1.807) is 37.4 Å². The van der Waals surface area contributed by atoms with Crippen molar-refractivity contribution < 1.29 is 9.63 Å². The molecule has 4 rings (SSSR count). The fourth-order valence-electron chi connectivity index (χ4n) is 3.81. The Labute approximate surface area is 256 Å². The van der Waals surface area contributed by atoms with Crippen molar-refractivity contribution in [1.29, 1.82) is 0 Å². The number of rotatable bonds is 12. The van der Waals surface area contributed by atoms with Crippen LogP contribution in [0.25, 0.3) is 11.1 Å². The molecule has 3 nitrogen and oxygen atoms in total. The van der Waals surface area contributed by atoms with E-state index in [1.807, 2.05) is 54.6 Å². The molecule has 0 radical (unpaired) electrons. The van der Waals surface area contributed by atoms with Crippen molar-refractivity contribution in [1.82, 2.24) is 0 Å². The molecule has 41 heavy (non-hydrogen) atoms. The summed E-state index contributed by atoms with van der Waals surface area (Å²) in [4.78, 5) is 20.7. The normalized spacial score (nSPS) is 11.4. The van der Waals surface area contributed by atoms with E-state index < -0.39 is 0 Å². The third kappa shape index (κ3) is 8.99. The van der Waals surface area contributed by atoms with Crippen molar-refractivity contribution >= 4 is 58.0 Å². The summed E-state index contributed by atoms with van der Waals surface area (Å²) in [5.41, 5.74) is 5.54. The smallest absolute Gasteiger partial charge is 0.318 e. The number of oxime groups is 1. The summed E-state index contributed by atoms with van der Waals surface area (Å²) >= 11 is 9.38. The van der Waals surface area contributed by atoms with Crippen molar-refractivity contribution in [2.24, 2.45) is 11.1 Å². The van der Waals surface area contributed by atoms with E-state index in [4.69, 9.17) is 16.4 Å². The second-order valence-electron chi connectivity index (χ2n) is 9.63. The van der Waals surface area contributed by atoms with Crippen molar-refractivity contribution in [3.63, 3.8) is 0 Å². The summed E-state index contributed by atoms with van der Waals surface area (Å²) in [7, 11) is 0. The van der Waals surface area contributed by atoms with Crippen LogP contribution in [0.4, 0.5) is 0 Å². The SMILES string of the molecule is C=C(/C(CCSc1ccc(Cl)cc1)=N/OC(=O)C(C)C)c1ccc(Sc2ccc(C(=C)c3ccccc3)cc2)cc1. The molecule has 0 bridgehead atoms. The van der Waals surface area contributed by atoms with E-state index in [-0.39, 0.29) is 11.9 Å². The maximum Gasteiger partial charge on any atom is 0.337 e. The minimum Gasteiger partial charge on any atom is -0.318 e. The summed E-state index contributed by atoms with van der Waals surface area (Å²) in [6.45, 7) is 12.1. The van der Waals surface area contributed by atoms with E-state index in [0.29, 0.717) is 17.2 Å². The fourth-order valence-corrected chi connectivity index (χ4v) is 5.61. The average Bonchev–Trinajstić information content (AvgIpc) is 3.00. The van der Waals surface area contributed by atoms with Gasteiger partial charge in [0.2, 0.25) is 0 Å². The predicted octanol–water partition coefficient (Wildman–Crippen LogP) is 10.3. The second kappa shape index (κ2) is 14.9. The minimum atomic E-state index is -0.370. The lowest BCUT2D eigenvalue weighted by Gasteiger charge is -2.12. The minimum absolute atomic E-state index is 0.265. The van der Waals surface area contributed by atoms with Crippen molar-refractivity contribution in [3.05, 3.63) is 138 Å². The Balaban J connectivity index is 1.41. The van der Waals surface area contributed by atoms with Crippen LogP contribution in [0.1, 0.15) is 37.0 Å². The highest BCUT2D eigenvalue weighted by molar-refractivity contribution is 7.99. The first kappa shape index (κ1) is 30.4. The molecular formula is C35H32ClNO2S2. The van der Waals surface area contributed by atoms with Crippen LogP contribution in [0.2, 0.25) is 5.02 Å². The zero-order valence-corrected chi connectivity index (χ0v) is 25.6. The van der Waals surface area contributed by atoms with Gasteiger partial charge in [-0.3, -0.25) is 0 Å². The molecule has 4 aromatic carbocycles. The number of carbonyl (C=O) groups is 1. The summed E-state index contributed by atoms with van der Waals surface area (Å²) in [5, 5.41) is 4.93. The number of hydrogen-bond donors (Lipinski definition) is 0. The third-order valence-electron chi connectivity index (χ3n) is 6.25. The molecule has 0 atom stereocenters. The predicted molar refractivity (Wildman–Crippen MR) is 176 cm³/mol. The van der Waals surface area contributed by atoms with E-state index >= 15 is 0 Å². The molecule has 6 heteroatoms. The molecule has 0 spiro atoms. The van der Waals surface area contributed by atoms with Crippen molar-refractivity contribution in [2.75, 3.05) is 5.75 Å². The van der Waals surface area contributed by atoms with E-state index in [0.717, 1.165) is 48.3 Å². The molecule has 0 amide bonds. The molecule has 0 saturated heterocycles. The molecule has 0 fully saturated rings. The Bertz CT molecular complexity index is 1510. The summed E-state index contributed by atoms with van der Waals surface area (Å²) in [5.74, 6) is 0.114. The molecule has 0 aliphatic heterocycles. The zero-order valence-electron chi connectivity index (χ0n) is 23.2. The monoisotopic (exact) mass is 597 g/mol. The van der Waals surface area contributed by atoms with E-state index in [2.05, 4.69) is 66.8 Å². The number of halogens is 1. The second-order valence-corrected chi connectivity index (χ2v) is 12.4. The number of allylic oxidation sites excluding steroid dienone is 1. The van der Waals surface area contributed by atoms with Gasteiger partial charge < -0.3 is 4.84 Å². The van der Waals surface area contributed by atoms with Gasteiger partial charge >= 0.3 is 5.97 Å². The first-order chi connectivity index (χ1) is 19.8. The summed E-state index contributed by atoms with van der Waals surface area (Å²) in [6, 6.07) is 34.6. The van der Waals surface area contributed by atoms with Gasteiger partial charge in [0.15, 0.2) is 0 Å². The maximum atomic E-state index is 12.1. The highest BCUT2D eigenvalue weighted by atomic mass is 35.5. The zero-order chi connectivity index (χ0) is 29.2. The van der Waals surface area contributed by atoms with Crippen LogP contribution in [0.5, 0.6) is 0 Å². The molecule has 0 N–H and O–H groups in total. The Morgan fingerprint density at radius 3 is 1.90 bits per heavy atom. The van der Waals surface area contributed by atoms with Gasteiger partial charge in [0.05, 0.1) is 11.6 Å². The lowest BCUT2D eigenvalue weighted by atomic mass is 10.00. The van der Waals surface area contributed by atoms with E-state index in [1.165, 1.54) is 0 Å². The van der Waals surface area contributed by atoms with Crippen LogP contribution >= 0.6 is 35.1 Å². The van der Waals surface area contributed by atoms with Gasteiger partial charge in [-0.2, -0.15) is 0 Å². The van der Waals surface area contributed by atoms with Gasteiger partial charge in [-0.25, -0.2) is 4.79 Å². The number of carbonyl (C=O) groups excluding carboxylic acids is 1. The van der Waals surface area contributed by atoms with Crippen molar-refractivity contribution in [3.8, 4) is 0 Å². The topological polar surface area (TPSA) is 38.7 Å². The molecule has 0 aromatic heterocycles. The van der Waals surface area contributed by atoms with Gasteiger partial charge in [0, 0.05) is 31.9 Å². The van der Waals surface area contributed by atoms with Crippen LogP contribution in [0, 0.1) is 5.92 Å². The van der Waals surface area contributed by atoms with Crippen LogP contribution in [0.15, 0.2) is 136 Å². The molecule has 0 saturated carbocycles. The first-order valence-corrected chi connectivity index (χ1v) is 15.5. The molecule has 0 unspecified atom stereocenters. The molecule has 0 heterocycles. The Morgan fingerprint density at radius 2 is 1.32 bits per heavy atom. The Morgan fingerprint density at radius 1 is 0.780 bits per heavy atom. The van der Waals surface area contributed by atoms with Gasteiger partial charge in [-0.05, 0) is 76.4 Å². The quantitative estimate of drug-likeness (QED) is 0.0704. The highest BCUT2D eigenvalue weighted by Crippen LogP contribution is 2.31. The van der Waals surface area contributed by atoms with Gasteiger partial charge in [0.25, 0.3) is 0 Å². The fraction of sp³-hybridized carbons (Fsp3) is 0.143. The molecule has 0 aliphatic carbocycles. The van der Waals surface area contributed by atoms with Crippen LogP contribution < -0.4 is 0 Å². The summed E-state index contributed by atoms with van der Waals surface area (Å²) < 4.78 is 0. The van der Waals surface area contributed by atoms with E-state index in [9.17, 15) is 4.79 Å². The average molecular weight is 598 g/mol. The number of benzene rings is 4. The molecular weight excluding hydrogens is 566 g/mol. The largest absolute Gasteiger partial charge is 0.337 e. The maximum absolute atomic E-state index is 12.1. The lowest BCUT2D eigenvalue weighted by Crippen LogP contribution is -2.11. The third-order valence-corrected chi connectivity index (χ3v) is 8.53.